The molecule has 0 saturated carbocycles. The van der Waals surface area contributed by atoms with E-state index in [1.165, 1.54) is 6.07 Å². The molecule has 220 valence electrons. The second-order valence-electron chi connectivity index (χ2n) is 10.9. The van der Waals surface area contributed by atoms with Gasteiger partial charge in [0.25, 0.3) is 0 Å². The average molecular weight is 557 g/mol. The number of phenolic OH excluding ortho intramolecular Hbond substituents is 1. The number of carbonyl (C=O) groups is 2. The lowest BCUT2D eigenvalue weighted by molar-refractivity contribution is -0.110. The molecule has 2 atom stereocenters. The third-order valence-corrected chi connectivity index (χ3v) is 7.43. The number of nitrogens with zero attached hydrogens (tertiary/aromatic N) is 1. The number of benzene rings is 2. The number of ether oxygens (including phenoxy) is 1. The molecular formula is C31H45FN4O4. The first-order valence-corrected chi connectivity index (χ1v) is 14.5. The summed E-state index contributed by atoms with van der Waals surface area (Å²) in [5.74, 6) is 1.09. The minimum absolute atomic E-state index is 0.134. The maximum absolute atomic E-state index is 14.5. The molecule has 0 aliphatic carbocycles. The summed E-state index contributed by atoms with van der Waals surface area (Å²) >= 11 is 0. The van der Waals surface area contributed by atoms with E-state index in [0.29, 0.717) is 56.8 Å². The summed E-state index contributed by atoms with van der Waals surface area (Å²) in [6.45, 7) is 8.70. The van der Waals surface area contributed by atoms with Crippen molar-refractivity contribution in [1.82, 2.24) is 16.0 Å². The van der Waals surface area contributed by atoms with Crippen LogP contribution in [0, 0.1) is 11.7 Å². The quantitative estimate of drug-likeness (QED) is 0.163. The van der Waals surface area contributed by atoms with E-state index in [0.717, 1.165) is 62.3 Å². The van der Waals surface area contributed by atoms with Gasteiger partial charge < -0.3 is 30.7 Å². The predicted molar refractivity (Wildman–Crippen MR) is 157 cm³/mol. The first-order valence-electron chi connectivity index (χ1n) is 14.5. The highest BCUT2D eigenvalue weighted by Crippen LogP contribution is 2.34. The number of hydrogen-bond donors (Lipinski definition) is 4. The molecule has 0 radical (unpaired) electrons. The van der Waals surface area contributed by atoms with Crippen molar-refractivity contribution in [3.05, 3.63) is 53.3 Å². The zero-order chi connectivity index (χ0) is 28.7. The van der Waals surface area contributed by atoms with E-state index in [9.17, 15) is 19.1 Å². The Morgan fingerprint density at radius 2 is 1.70 bits per heavy atom. The number of aryl methyl sites for hydroxylation is 1. The number of amides is 2. The highest BCUT2D eigenvalue weighted by molar-refractivity contribution is 5.52. The number of piperazine rings is 1. The van der Waals surface area contributed by atoms with Gasteiger partial charge in [0.15, 0.2) is 0 Å². The van der Waals surface area contributed by atoms with E-state index in [-0.39, 0.29) is 23.6 Å². The van der Waals surface area contributed by atoms with E-state index < -0.39 is 0 Å². The van der Waals surface area contributed by atoms with E-state index in [4.69, 9.17) is 4.74 Å². The standard InChI is InChI=1S/C31H45FN4O4/c1-23(2)3-6-25(9-11-34-21-37)30-17-24(5-8-31(30)39)4-7-28(10-12-35-22-38)40-29-19-26(32)18-27(20-29)36-15-13-33-14-16-36/h5,8,17-23,25,28,33,39H,3-4,6-7,9-16H2,1-2H3,(H,34,37)(H,35,38). The molecular weight excluding hydrogens is 511 g/mol. The van der Waals surface area contributed by atoms with Crippen LogP contribution in [-0.2, 0) is 16.0 Å². The topological polar surface area (TPSA) is 103 Å². The molecule has 2 aromatic carbocycles. The van der Waals surface area contributed by atoms with E-state index in [1.807, 2.05) is 12.1 Å². The van der Waals surface area contributed by atoms with Crippen LogP contribution in [0.2, 0.25) is 0 Å². The minimum atomic E-state index is -0.338. The van der Waals surface area contributed by atoms with Crippen LogP contribution in [0.4, 0.5) is 10.1 Å². The molecule has 1 aliphatic rings. The predicted octanol–water partition coefficient (Wildman–Crippen LogP) is 4.11. The van der Waals surface area contributed by atoms with Gasteiger partial charge in [0, 0.05) is 63.5 Å². The van der Waals surface area contributed by atoms with Crippen molar-refractivity contribution in [2.24, 2.45) is 5.92 Å². The van der Waals surface area contributed by atoms with Crippen LogP contribution in [0.5, 0.6) is 11.5 Å². The largest absolute Gasteiger partial charge is 0.508 e. The zero-order valence-corrected chi connectivity index (χ0v) is 23.8. The zero-order valence-electron chi connectivity index (χ0n) is 23.8. The van der Waals surface area contributed by atoms with Crippen molar-refractivity contribution in [1.29, 1.82) is 0 Å². The highest BCUT2D eigenvalue weighted by Gasteiger charge is 2.19. The monoisotopic (exact) mass is 556 g/mol. The lowest BCUT2D eigenvalue weighted by atomic mass is 9.87. The van der Waals surface area contributed by atoms with Crippen LogP contribution in [0.25, 0.3) is 0 Å². The van der Waals surface area contributed by atoms with Crippen molar-refractivity contribution >= 4 is 18.5 Å². The van der Waals surface area contributed by atoms with E-state index >= 15 is 0 Å². The highest BCUT2D eigenvalue weighted by atomic mass is 19.1. The lowest BCUT2D eigenvalue weighted by Crippen LogP contribution is -2.43. The Bertz CT molecular complexity index is 1060. The van der Waals surface area contributed by atoms with E-state index in [2.05, 4.69) is 40.8 Å². The number of nitrogens with one attached hydrogen (secondary N) is 3. The van der Waals surface area contributed by atoms with Gasteiger partial charge in [-0.1, -0.05) is 32.4 Å². The van der Waals surface area contributed by atoms with Crippen molar-refractivity contribution < 1.29 is 23.8 Å². The number of aromatic hydroxyl groups is 1. The molecule has 1 heterocycles. The van der Waals surface area contributed by atoms with Gasteiger partial charge in [0.05, 0.1) is 0 Å². The fourth-order valence-electron chi connectivity index (χ4n) is 5.20. The normalized spacial score (nSPS) is 14.9. The van der Waals surface area contributed by atoms with Crippen LogP contribution in [0.3, 0.4) is 0 Å². The van der Waals surface area contributed by atoms with Crippen LogP contribution in [0.1, 0.15) is 63.0 Å². The first kappa shape index (κ1) is 31.2. The molecule has 0 spiro atoms. The van der Waals surface area contributed by atoms with Gasteiger partial charge in [-0.25, -0.2) is 4.39 Å². The second kappa shape index (κ2) is 16.7. The molecule has 2 aromatic rings. The van der Waals surface area contributed by atoms with Gasteiger partial charge in [-0.2, -0.15) is 0 Å². The fourth-order valence-corrected chi connectivity index (χ4v) is 5.20. The van der Waals surface area contributed by atoms with Crippen molar-refractivity contribution in [3.8, 4) is 11.5 Å². The molecule has 1 fully saturated rings. The molecule has 2 amide bonds. The van der Waals surface area contributed by atoms with E-state index in [1.54, 1.807) is 12.1 Å². The Balaban J connectivity index is 1.73. The first-order chi connectivity index (χ1) is 19.4. The Morgan fingerprint density at radius 1 is 0.975 bits per heavy atom. The Hall–Kier alpha value is -3.33. The van der Waals surface area contributed by atoms with Gasteiger partial charge in [0.1, 0.15) is 23.4 Å². The molecule has 2 unspecified atom stereocenters. The SMILES string of the molecule is CC(C)CCC(CCNC=O)c1cc(CCC(CCNC=O)Oc2cc(F)cc(N3CCNCC3)c2)ccc1O. The Morgan fingerprint density at radius 3 is 2.40 bits per heavy atom. The lowest BCUT2D eigenvalue weighted by Gasteiger charge is -2.30. The van der Waals surface area contributed by atoms with Crippen molar-refractivity contribution in [2.75, 3.05) is 44.2 Å². The van der Waals surface area contributed by atoms with Crippen molar-refractivity contribution in [2.45, 2.75) is 64.4 Å². The van der Waals surface area contributed by atoms with Crippen LogP contribution in [-0.4, -0.2) is 63.3 Å². The molecule has 1 aliphatic heterocycles. The van der Waals surface area contributed by atoms with Gasteiger partial charge in [-0.3, -0.25) is 9.59 Å². The fraction of sp³-hybridized carbons (Fsp3) is 0.548. The molecule has 4 N–H and O–H groups in total. The maximum atomic E-state index is 14.5. The third kappa shape index (κ3) is 10.3. The third-order valence-electron chi connectivity index (χ3n) is 7.43. The Kier molecular flexibility index (Phi) is 13.0. The van der Waals surface area contributed by atoms with Crippen LogP contribution >= 0.6 is 0 Å². The number of halogens is 1. The summed E-state index contributed by atoms with van der Waals surface area (Å²) in [5.41, 5.74) is 2.78. The summed E-state index contributed by atoms with van der Waals surface area (Å²) in [6, 6.07) is 10.6. The number of phenols is 1. The number of carbonyl (C=O) groups excluding carboxylic acids is 2. The molecule has 0 bridgehead atoms. The van der Waals surface area contributed by atoms with Crippen LogP contribution in [0.15, 0.2) is 36.4 Å². The number of anilines is 1. The van der Waals surface area contributed by atoms with Gasteiger partial charge >= 0.3 is 0 Å². The molecule has 3 rings (SSSR count). The minimum Gasteiger partial charge on any atom is -0.508 e. The smallest absolute Gasteiger partial charge is 0.207 e. The second-order valence-corrected chi connectivity index (χ2v) is 10.9. The van der Waals surface area contributed by atoms with Gasteiger partial charge in [0.2, 0.25) is 12.8 Å². The molecule has 0 aromatic heterocycles. The van der Waals surface area contributed by atoms with Gasteiger partial charge in [-0.15, -0.1) is 0 Å². The summed E-state index contributed by atoms with van der Waals surface area (Å²) in [4.78, 5) is 23.8. The number of hydrogen-bond acceptors (Lipinski definition) is 6. The molecule has 8 nitrogen and oxygen atoms in total. The molecule has 40 heavy (non-hydrogen) atoms. The summed E-state index contributed by atoms with van der Waals surface area (Å²) in [5, 5.41) is 19.5. The number of rotatable bonds is 18. The summed E-state index contributed by atoms with van der Waals surface area (Å²) in [7, 11) is 0. The molecule has 1 saturated heterocycles. The van der Waals surface area contributed by atoms with Crippen LogP contribution < -0.4 is 25.6 Å². The van der Waals surface area contributed by atoms with Gasteiger partial charge in [-0.05, 0) is 60.8 Å². The molecule has 9 heteroatoms. The average Bonchev–Trinajstić information content (AvgIpc) is 2.94. The van der Waals surface area contributed by atoms with Crippen molar-refractivity contribution in [3.63, 3.8) is 0 Å². The maximum Gasteiger partial charge on any atom is 0.207 e. The Labute approximate surface area is 237 Å². The summed E-state index contributed by atoms with van der Waals surface area (Å²) < 4.78 is 20.8. The summed E-state index contributed by atoms with van der Waals surface area (Å²) in [6.07, 6.45) is 5.78.